The van der Waals surface area contributed by atoms with E-state index in [1.54, 1.807) is 30.5 Å². The van der Waals surface area contributed by atoms with Crippen molar-refractivity contribution < 1.29 is 9.90 Å². The van der Waals surface area contributed by atoms with Gasteiger partial charge in [0.2, 0.25) is 0 Å². The van der Waals surface area contributed by atoms with Gasteiger partial charge in [-0.3, -0.25) is 9.89 Å². The molecule has 27 heavy (non-hydrogen) atoms. The van der Waals surface area contributed by atoms with Crippen molar-refractivity contribution in [1.82, 2.24) is 15.5 Å². The third-order valence-corrected chi connectivity index (χ3v) is 6.38. The highest BCUT2D eigenvalue weighted by molar-refractivity contribution is 6.31. The molecule has 2 saturated carbocycles. The monoisotopic (exact) mass is 401 g/mol. The minimum absolute atomic E-state index is 0.102. The molecule has 0 spiro atoms. The maximum Gasteiger partial charge on any atom is 0.251 e. The van der Waals surface area contributed by atoms with E-state index in [9.17, 15) is 9.90 Å². The van der Waals surface area contributed by atoms with E-state index in [-0.39, 0.29) is 23.8 Å². The molecule has 1 amide bonds. The molecule has 3 aromatic rings. The summed E-state index contributed by atoms with van der Waals surface area (Å²) in [7, 11) is 0. The zero-order valence-electron chi connectivity index (χ0n) is 14.2. The van der Waals surface area contributed by atoms with Gasteiger partial charge in [0.15, 0.2) is 0 Å². The molecule has 0 unspecified atom stereocenters. The summed E-state index contributed by atoms with van der Waals surface area (Å²) in [5.74, 6) is 0.439. The lowest BCUT2D eigenvalue weighted by Crippen LogP contribution is -2.33. The van der Waals surface area contributed by atoms with Crippen molar-refractivity contribution in [1.29, 1.82) is 0 Å². The van der Waals surface area contributed by atoms with Crippen LogP contribution < -0.4 is 5.32 Å². The number of nitrogens with one attached hydrogen (secondary N) is 2. The van der Waals surface area contributed by atoms with Gasteiger partial charge in [0.25, 0.3) is 5.91 Å². The normalized spacial score (nSPS) is 28.9. The molecule has 5 nitrogen and oxygen atoms in total. The average Bonchev–Trinajstić information content (AvgIpc) is 3.02. The standard InChI is InChI=1S/C20H17Cl2N3O2/c21-11-3-1-10(2-4-11)19(26)24-18-13-7-20(27,8-14(13)18)16-5-12(22)6-17-15(16)9-23-25-17/h1-6,9,13-14,18,27H,7-8H2,(H,23,25)(H,24,26)/t13-,14+,18+,20-. The van der Waals surface area contributed by atoms with E-state index in [2.05, 4.69) is 15.5 Å². The molecule has 1 heterocycles. The summed E-state index contributed by atoms with van der Waals surface area (Å²) in [4.78, 5) is 12.4. The number of halogens is 2. The number of aliphatic hydroxyl groups is 1. The summed E-state index contributed by atoms with van der Waals surface area (Å²) >= 11 is 12.1. The number of H-pyrrole nitrogens is 1. The van der Waals surface area contributed by atoms with E-state index in [0.717, 1.165) is 16.5 Å². The van der Waals surface area contributed by atoms with Crippen LogP contribution in [0.2, 0.25) is 10.0 Å². The molecule has 5 rings (SSSR count). The molecule has 0 saturated heterocycles. The molecule has 3 N–H and O–H groups in total. The SMILES string of the molecule is O=C(N[C@H]1[C@@H]2C[C@](O)(c3cc(Cl)cc4[nH]ncc34)C[C@@H]21)c1ccc(Cl)cc1. The van der Waals surface area contributed by atoms with Crippen LogP contribution in [0.15, 0.2) is 42.6 Å². The van der Waals surface area contributed by atoms with Gasteiger partial charge in [-0.05, 0) is 66.6 Å². The van der Waals surface area contributed by atoms with E-state index in [0.29, 0.717) is 28.5 Å². The number of fused-ring (bicyclic) bond motifs is 2. The molecule has 0 radical (unpaired) electrons. The van der Waals surface area contributed by atoms with Crippen molar-refractivity contribution in [3.63, 3.8) is 0 Å². The van der Waals surface area contributed by atoms with Crippen LogP contribution in [0, 0.1) is 11.8 Å². The van der Waals surface area contributed by atoms with Gasteiger partial charge < -0.3 is 10.4 Å². The predicted molar refractivity (Wildman–Crippen MR) is 104 cm³/mol. The van der Waals surface area contributed by atoms with Crippen LogP contribution >= 0.6 is 23.2 Å². The molecule has 0 bridgehead atoms. The predicted octanol–water partition coefficient (Wildman–Crippen LogP) is 3.90. The molecule has 1 aromatic heterocycles. The van der Waals surface area contributed by atoms with Gasteiger partial charge in [0.1, 0.15) is 0 Å². The quantitative estimate of drug-likeness (QED) is 0.622. The Kier molecular flexibility index (Phi) is 3.76. The Morgan fingerprint density at radius 2 is 1.85 bits per heavy atom. The minimum Gasteiger partial charge on any atom is -0.385 e. The minimum atomic E-state index is -0.941. The highest BCUT2D eigenvalue weighted by Crippen LogP contribution is 2.60. The molecule has 2 fully saturated rings. The number of nitrogens with zero attached hydrogens (tertiary/aromatic N) is 1. The topological polar surface area (TPSA) is 78.0 Å². The van der Waals surface area contributed by atoms with E-state index >= 15 is 0 Å². The van der Waals surface area contributed by atoms with Crippen LogP contribution in [0.3, 0.4) is 0 Å². The molecule has 2 aromatic carbocycles. The first-order valence-electron chi connectivity index (χ1n) is 8.86. The number of carbonyl (C=O) groups is 1. The Labute approximate surface area is 165 Å². The Morgan fingerprint density at radius 1 is 1.15 bits per heavy atom. The van der Waals surface area contributed by atoms with Crippen LogP contribution in [-0.4, -0.2) is 27.3 Å². The summed E-state index contributed by atoms with van der Waals surface area (Å²) in [5.41, 5.74) is 1.28. The van der Waals surface area contributed by atoms with Crippen molar-refractivity contribution in [3.05, 3.63) is 63.8 Å². The first kappa shape index (κ1) is 17.0. The highest BCUT2D eigenvalue weighted by atomic mass is 35.5. The maximum absolute atomic E-state index is 12.4. The third kappa shape index (κ3) is 2.81. The summed E-state index contributed by atoms with van der Waals surface area (Å²) in [6.45, 7) is 0. The Bertz CT molecular complexity index is 1040. The van der Waals surface area contributed by atoms with Crippen molar-refractivity contribution in [2.75, 3.05) is 0 Å². The number of hydrogen-bond acceptors (Lipinski definition) is 3. The van der Waals surface area contributed by atoms with Gasteiger partial charge in [-0.1, -0.05) is 23.2 Å². The third-order valence-electron chi connectivity index (χ3n) is 5.91. The molecule has 7 heteroatoms. The fourth-order valence-corrected chi connectivity index (χ4v) is 4.88. The van der Waals surface area contributed by atoms with Gasteiger partial charge in [-0.15, -0.1) is 0 Å². The van der Waals surface area contributed by atoms with Crippen LogP contribution in [0.1, 0.15) is 28.8 Å². The van der Waals surface area contributed by atoms with Crippen molar-refractivity contribution in [3.8, 4) is 0 Å². The fourth-order valence-electron chi connectivity index (χ4n) is 4.54. The highest BCUT2D eigenvalue weighted by Gasteiger charge is 2.62. The van der Waals surface area contributed by atoms with E-state index in [4.69, 9.17) is 23.2 Å². The Morgan fingerprint density at radius 3 is 2.56 bits per heavy atom. The molecule has 2 aliphatic carbocycles. The van der Waals surface area contributed by atoms with E-state index in [1.165, 1.54) is 0 Å². The zero-order valence-corrected chi connectivity index (χ0v) is 15.8. The van der Waals surface area contributed by atoms with Gasteiger partial charge >= 0.3 is 0 Å². The Balaban J connectivity index is 1.32. The van der Waals surface area contributed by atoms with Gasteiger partial charge in [-0.25, -0.2) is 0 Å². The van der Waals surface area contributed by atoms with Crippen LogP contribution in [0.25, 0.3) is 10.9 Å². The van der Waals surface area contributed by atoms with Crippen LogP contribution in [0.4, 0.5) is 0 Å². The summed E-state index contributed by atoms with van der Waals surface area (Å²) in [5, 5.41) is 23.4. The summed E-state index contributed by atoms with van der Waals surface area (Å²) in [6, 6.07) is 10.6. The molecule has 2 aliphatic rings. The van der Waals surface area contributed by atoms with E-state index in [1.807, 2.05) is 12.1 Å². The molecular weight excluding hydrogens is 385 g/mol. The van der Waals surface area contributed by atoms with Gasteiger partial charge in [0, 0.05) is 27.0 Å². The van der Waals surface area contributed by atoms with Crippen molar-refractivity contribution >= 4 is 40.0 Å². The first-order valence-corrected chi connectivity index (χ1v) is 9.62. The number of aromatic nitrogens is 2. The Hall–Kier alpha value is -2.08. The molecule has 138 valence electrons. The van der Waals surface area contributed by atoms with E-state index < -0.39 is 5.60 Å². The number of rotatable bonds is 3. The number of amides is 1. The number of aromatic amines is 1. The fraction of sp³-hybridized carbons (Fsp3) is 0.300. The second kappa shape index (κ2) is 5.96. The molecular formula is C20H17Cl2N3O2. The lowest BCUT2D eigenvalue weighted by molar-refractivity contribution is 0.0293. The summed E-state index contributed by atoms with van der Waals surface area (Å²) < 4.78 is 0. The second-order valence-corrected chi connectivity index (χ2v) is 8.43. The lowest BCUT2D eigenvalue weighted by Gasteiger charge is -2.27. The number of hydrogen-bond donors (Lipinski definition) is 3. The first-order chi connectivity index (χ1) is 12.9. The smallest absolute Gasteiger partial charge is 0.251 e. The number of carbonyl (C=O) groups excluding carboxylic acids is 1. The van der Waals surface area contributed by atoms with Gasteiger partial charge in [-0.2, -0.15) is 5.10 Å². The van der Waals surface area contributed by atoms with Crippen molar-refractivity contribution in [2.24, 2.45) is 11.8 Å². The molecule has 0 aliphatic heterocycles. The molecule has 4 atom stereocenters. The maximum atomic E-state index is 12.4. The van der Waals surface area contributed by atoms with Gasteiger partial charge in [0.05, 0.1) is 17.3 Å². The summed E-state index contributed by atoms with van der Waals surface area (Å²) in [6.07, 6.45) is 2.93. The van der Waals surface area contributed by atoms with Crippen molar-refractivity contribution in [2.45, 2.75) is 24.5 Å². The number of benzene rings is 2. The largest absolute Gasteiger partial charge is 0.385 e. The zero-order chi connectivity index (χ0) is 18.8. The second-order valence-electron chi connectivity index (χ2n) is 7.56. The average molecular weight is 402 g/mol. The van der Waals surface area contributed by atoms with Crippen LogP contribution in [0.5, 0.6) is 0 Å². The van der Waals surface area contributed by atoms with Crippen LogP contribution in [-0.2, 0) is 5.60 Å². The lowest BCUT2D eigenvalue weighted by atomic mass is 9.86.